The maximum atomic E-state index is 12.5. The molecule has 26 heavy (non-hydrogen) atoms. The summed E-state index contributed by atoms with van der Waals surface area (Å²) in [6.07, 6.45) is 0. The van der Waals surface area contributed by atoms with Gasteiger partial charge in [-0.05, 0) is 30.9 Å². The monoisotopic (exact) mass is 346 g/mol. The second-order valence-corrected chi connectivity index (χ2v) is 6.18. The van der Waals surface area contributed by atoms with Crippen LogP contribution in [0.4, 0.5) is 5.69 Å². The molecule has 130 valence electrons. The molecule has 0 fully saturated rings. The van der Waals surface area contributed by atoms with Crippen LogP contribution in [0.2, 0.25) is 0 Å². The normalized spacial score (nSPS) is 12.8. The average molecular weight is 346 g/mol. The van der Waals surface area contributed by atoms with Crippen LogP contribution >= 0.6 is 0 Å². The molecule has 0 saturated heterocycles. The molecule has 2 N–H and O–H groups in total. The first kappa shape index (κ1) is 16.1. The number of rotatable bonds is 4. The summed E-state index contributed by atoms with van der Waals surface area (Å²) in [5.74, 6) is 0.492. The Morgan fingerprint density at radius 2 is 1.58 bits per heavy atom. The minimum absolute atomic E-state index is 0.346. The van der Waals surface area contributed by atoms with E-state index in [0.717, 1.165) is 10.9 Å². The molecule has 4 rings (SSSR count). The molecule has 1 aliphatic heterocycles. The van der Waals surface area contributed by atoms with Crippen LogP contribution in [0.3, 0.4) is 0 Å². The lowest BCUT2D eigenvalue weighted by atomic mass is 9.97. The molecule has 3 aromatic carbocycles. The molecule has 0 aromatic heterocycles. The Balaban J connectivity index is 2.05. The number of fused-ring (bicyclic) bond motifs is 3. The number of benzene rings is 3. The Labute approximate surface area is 151 Å². The highest BCUT2D eigenvalue weighted by atomic mass is 16.5. The van der Waals surface area contributed by atoms with E-state index in [9.17, 15) is 9.59 Å². The van der Waals surface area contributed by atoms with Gasteiger partial charge in [-0.25, -0.2) is 0 Å². The molecule has 0 spiro atoms. The molecular formula is C21H18N2O3. The van der Waals surface area contributed by atoms with Crippen LogP contribution in [0.25, 0.3) is 10.8 Å². The van der Waals surface area contributed by atoms with Crippen LogP contribution < -0.4 is 15.4 Å². The van der Waals surface area contributed by atoms with Crippen molar-refractivity contribution in [1.82, 2.24) is 5.32 Å². The van der Waals surface area contributed by atoms with Crippen LogP contribution in [0.5, 0.6) is 11.5 Å². The van der Waals surface area contributed by atoms with Crippen molar-refractivity contribution in [2.45, 2.75) is 13.8 Å². The summed E-state index contributed by atoms with van der Waals surface area (Å²) in [4.78, 5) is 24.8. The van der Waals surface area contributed by atoms with E-state index in [-0.39, 0.29) is 5.91 Å². The van der Waals surface area contributed by atoms with Crippen molar-refractivity contribution in [3.05, 3.63) is 65.2 Å². The van der Waals surface area contributed by atoms with E-state index >= 15 is 0 Å². The van der Waals surface area contributed by atoms with Crippen molar-refractivity contribution in [3.63, 3.8) is 0 Å². The van der Waals surface area contributed by atoms with Gasteiger partial charge in [0.05, 0.1) is 16.8 Å². The number of amides is 2. The predicted molar refractivity (Wildman–Crippen MR) is 101 cm³/mol. The van der Waals surface area contributed by atoms with Gasteiger partial charge in [0.1, 0.15) is 5.75 Å². The maximum absolute atomic E-state index is 12.5. The average Bonchev–Trinajstić information content (AvgIpc) is 2.94. The third kappa shape index (κ3) is 2.40. The molecule has 1 aliphatic rings. The molecule has 5 nitrogen and oxygen atoms in total. The number of hydrogen-bond donors (Lipinski definition) is 2. The fraction of sp³-hybridized carbons (Fsp3) is 0.143. The van der Waals surface area contributed by atoms with Crippen molar-refractivity contribution in [1.29, 1.82) is 0 Å². The number of carbonyl (C=O) groups is 2. The SMILES string of the molecule is CCNc1c2c(c3ccccc3c1Oc1ccccc1C)C(=O)NC2=O. The summed E-state index contributed by atoms with van der Waals surface area (Å²) in [6.45, 7) is 4.50. The molecule has 1 heterocycles. The summed E-state index contributed by atoms with van der Waals surface area (Å²) >= 11 is 0. The van der Waals surface area contributed by atoms with E-state index < -0.39 is 5.91 Å². The lowest BCUT2D eigenvalue weighted by molar-refractivity contribution is 0.0880. The Morgan fingerprint density at radius 1 is 0.923 bits per heavy atom. The molecule has 3 aromatic rings. The summed E-state index contributed by atoms with van der Waals surface area (Å²) in [7, 11) is 0. The Hall–Kier alpha value is -3.34. The summed E-state index contributed by atoms with van der Waals surface area (Å²) in [6, 6.07) is 15.2. The van der Waals surface area contributed by atoms with Crippen LogP contribution in [0, 0.1) is 6.92 Å². The van der Waals surface area contributed by atoms with Crippen molar-refractivity contribution >= 4 is 28.3 Å². The van der Waals surface area contributed by atoms with Gasteiger partial charge in [-0.1, -0.05) is 42.5 Å². The van der Waals surface area contributed by atoms with Crippen LogP contribution in [-0.4, -0.2) is 18.4 Å². The number of para-hydroxylation sites is 1. The summed E-state index contributed by atoms with van der Waals surface area (Å²) in [5, 5.41) is 7.12. The number of ether oxygens (including phenoxy) is 1. The Morgan fingerprint density at radius 3 is 2.31 bits per heavy atom. The van der Waals surface area contributed by atoms with Gasteiger partial charge in [-0.15, -0.1) is 0 Å². The number of nitrogens with one attached hydrogen (secondary N) is 2. The highest BCUT2D eigenvalue weighted by molar-refractivity contribution is 6.30. The molecule has 0 unspecified atom stereocenters. The fourth-order valence-electron chi connectivity index (χ4n) is 3.33. The smallest absolute Gasteiger partial charge is 0.261 e. The Bertz CT molecular complexity index is 1060. The molecule has 2 amide bonds. The first-order chi connectivity index (χ1) is 12.6. The first-order valence-electron chi connectivity index (χ1n) is 8.53. The van der Waals surface area contributed by atoms with E-state index in [2.05, 4.69) is 10.6 Å². The van der Waals surface area contributed by atoms with E-state index in [1.54, 1.807) is 0 Å². The zero-order valence-electron chi connectivity index (χ0n) is 14.6. The molecule has 5 heteroatoms. The highest BCUT2D eigenvalue weighted by Gasteiger charge is 2.34. The van der Waals surface area contributed by atoms with Gasteiger partial charge in [-0.3, -0.25) is 14.9 Å². The maximum Gasteiger partial charge on any atom is 0.261 e. The molecule has 0 atom stereocenters. The van der Waals surface area contributed by atoms with Crippen LogP contribution in [-0.2, 0) is 0 Å². The number of anilines is 1. The lowest BCUT2D eigenvalue weighted by Crippen LogP contribution is -2.20. The van der Waals surface area contributed by atoms with Crippen LogP contribution in [0.1, 0.15) is 33.2 Å². The third-order valence-electron chi connectivity index (χ3n) is 4.51. The topological polar surface area (TPSA) is 67.4 Å². The van der Waals surface area contributed by atoms with Gasteiger partial charge < -0.3 is 10.1 Å². The van der Waals surface area contributed by atoms with Crippen molar-refractivity contribution in [2.24, 2.45) is 0 Å². The third-order valence-corrected chi connectivity index (χ3v) is 4.51. The zero-order valence-corrected chi connectivity index (χ0v) is 14.6. The summed E-state index contributed by atoms with van der Waals surface area (Å²) < 4.78 is 6.26. The summed E-state index contributed by atoms with van der Waals surface area (Å²) in [5.41, 5.74) is 2.28. The predicted octanol–water partition coefficient (Wildman–Crippen LogP) is 4.26. The second kappa shape index (κ2) is 6.19. The molecule has 0 bridgehead atoms. The quantitative estimate of drug-likeness (QED) is 0.693. The molecule has 0 aliphatic carbocycles. The largest absolute Gasteiger partial charge is 0.454 e. The first-order valence-corrected chi connectivity index (χ1v) is 8.53. The number of imide groups is 1. The van der Waals surface area contributed by atoms with Gasteiger partial charge in [0.15, 0.2) is 5.75 Å². The lowest BCUT2D eigenvalue weighted by Gasteiger charge is -2.19. The number of carbonyl (C=O) groups excluding carboxylic acids is 2. The van der Waals surface area contributed by atoms with E-state index in [1.807, 2.05) is 62.4 Å². The standard InChI is InChI=1S/C21H18N2O3/c1-3-22-18-17-16(20(24)23-21(17)25)13-9-5-6-10-14(13)19(18)26-15-11-7-4-8-12(15)2/h4-11,22H,3H2,1-2H3,(H,23,24,25). The van der Waals surface area contributed by atoms with E-state index in [0.29, 0.717) is 40.2 Å². The molecule has 0 saturated carbocycles. The molecule has 0 radical (unpaired) electrons. The number of aryl methyl sites for hydroxylation is 1. The minimum atomic E-state index is -0.402. The highest BCUT2D eigenvalue weighted by Crippen LogP contribution is 2.44. The van der Waals surface area contributed by atoms with Crippen LogP contribution in [0.15, 0.2) is 48.5 Å². The zero-order chi connectivity index (χ0) is 18.3. The van der Waals surface area contributed by atoms with E-state index in [4.69, 9.17) is 4.74 Å². The molecular weight excluding hydrogens is 328 g/mol. The Kier molecular flexibility index (Phi) is 3.84. The van der Waals surface area contributed by atoms with Gasteiger partial charge in [0, 0.05) is 11.9 Å². The fourth-order valence-corrected chi connectivity index (χ4v) is 3.33. The van der Waals surface area contributed by atoms with Gasteiger partial charge in [0.2, 0.25) is 0 Å². The van der Waals surface area contributed by atoms with Gasteiger partial charge >= 0.3 is 0 Å². The minimum Gasteiger partial charge on any atom is -0.454 e. The van der Waals surface area contributed by atoms with Crippen molar-refractivity contribution in [3.8, 4) is 11.5 Å². The van der Waals surface area contributed by atoms with Gasteiger partial charge in [0.25, 0.3) is 11.8 Å². The second-order valence-electron chi connectivity index (χ2n) is 6.18. The number of hydrogen-bond acceptors (Lipinski definition) is 4. The van der Waals surface area contributed by atoms with Crippen molar-refractivity contribution in [2.75, 3.05) is 11.9 Å². The van der Waals surface area contributed by atoms with Crippen molar-refractivity contribution < 1.29 is 14.3 Å². The van der Waals surface area contributed by atoms with Gasteiger partial charge in [-0.2, -0.15) is 0 Å². The van der Waals surface area contributed by atoms with E-state index in [1.165, 1.54) is 0 Å².